The molecule has 0 unspecified atom stereocenters. The van der Waals surface area contributed by atoms with Crippen molar-refractivity contribution in [1.82, 2.24) is 15.1 Å². The average Bonchev–Trinajstić information content (AvgIpc) is 3.06. The van der Waals surface area contributed by atoms with Crippen LogP contribution in [0, 0.1) is 6.92 Å². The molecule has 1 amide bonds. The van der Waals surface area contributed by atoms with Crippen molar-refractivity contribution in [2.75, 3.05) is 13.7 Å². The van der Waals surface area contributed by atoms with E-state index in [-0.39, 0.29) is 18.0 Å². The van der Waals surface area contributed by atoms with Gasteiger partial charge in [0.05, 0.1) is 35.7 Å². The highest BCUT2D eigenvalue weighted by molar-refractivity contribution is 7.12. The Morgan fingerprint density at radius 3 is 2.76 bits per heavy atom. The topological polar surface area (TPSA) is 73.2 Å². The first kappa shape index (κ1) is 17.3. The Morgan fingerprint density at radius 1 is 1.32 bits per heavy atom. The number of aryl methyl sites for hydroxylation is 1. The summed E-state index contributed by atoms with van der Waals surface area (Å²) in [5.74, 6) is -0.140. The summed E-state index contributed by atoms with van der Waals surface area (Å²) >= 11 is 1.41. The van der Waals surface area contributed by atoms with Gasteiger partial charge in [0.2, 0.25) is 0 Å². The van der Waals surface area contributed by atoms with Crippen LogP contribution in [0.5, 0.6) is 0 Å². The fourth-order valence-corrected chi connectivity index (χ4v) is 3.38. The maximum atomic E-state index is 12.5. The Kier molecular flexibility index (Phi) is 5.25. The number of nitrogens with one attached hydrogen (secondary N) is 1. The quantitative estimate of drug-likeness (QED) is 0.735. The molecule has 1 N–H and O–H groups in total. The number of amides is 1. The predicted octanol–water partition coefficient (Wildman–Crippen LogP) is 2.34. The van der Waals surface area contributed by atoms with Crippen LogP contribution in [0.4, 0.5) is 0 Å². The van der Waals surface area contributed by atoms with E-state index in [0.717, 1.165) is 10.9 Å². The van der Waals surface area contributed by atoms with Crippen molar-refractivity contribution in [3.8, 4) is 0 Å². The Hall–Kier alpha value is -2.51. The third kappa shape index (κ3) is 3.78. The van der Waals surface area contributed by atoms with Crippen LogP contribution < -0.4 is 10.9 Å². The fraction of sp³-hybridized carbons (Fsp3) is 0.278. The lowest BCUT2D eigenvalue weighted by Crippen LogP contribution is -2.29. The van der Waals surface area contributed by atoms with E-state index in [0.29, 0.717) is 29.1 Å². The van der Waals surface area contributed by atoms with Crippen molar-refractivity contribution in [3.05, 3.63) is 62.2 Å². The molecule has 0 radical (unpaired) electrons. The molecule has 0 atom stereocenters. The number of thiophene rings is 1. The van der Waals surface area contributed by atoms with Crippen molar-refractivity contribution < 1.29 is 9.53 Å². The largest absolute Gasteiger partial charge is 0.383 e. The van der Waals surface area contributed by atoms with Crippen molar-refractivity contribution >= 4 is 28.0 Å². The zero-order chi connectivity index (χ0) is 17.8. The minimum absolute atomic E-state index is 0.140. The van der Waals surface area contributed by atoms with Gasteiger partial charge in [0.25, 0.3) is 11.5 Å². The van der Waals surface area contributed by atoms with Gasteiger partial charge in [0.1, 0.15) is 0 Å². The standard InChI is InChI=1S/C18H19N3O3S/c1-12-9-16(25-11-12)17(22)19-10-15-13-5-3-4-6-14(13)18(23)21(20-15)7-8-24-2/h3-6,9,11H,7-8,10H2,1-2H3,(H,19,22). The summed E-state index contributed by atoms with van der Waals surface area (Å²) < 4.78 is 6.43. The summed E-state index contributed by atoms with van der Waals surface area (Å²) in [5, 5.41) is 10.6. The molecular weight excluding hydrogens is 338 g/mol. The molecule has 3 rings (SSSR count). The molecule has 0 spiro atoms. The van der Waals surface area contributed by atoms with E-state index >= 15 is 0 Å². The summed E-state index contributed by atoms with van der Waals surface area (Å²) in [6, 6.07) is 9.15. The molecule has 2 heterocycles. The number of nitrogens with zero attached hydrogens (tertiary/aromatic N) is 2. The van der Waals surface area contributed by atoms with Crippen molar-refractivity contribution in [1.29, 1.82) is 0 Å². The second-order valence-corrected chi connectivity index (χ2v) is 6.60. The van der Waals surface area contributed by atoms with Crippen LogP contribution in [0.15, 0.2) is 40.5 Å². The number of rotatable bonds is 6. The number of hydrogen-bond donors (Lipinski definition) is 1. The highest BCUT2D eigenvalue weighted by atomic mass is 32.1. The summed E-state index contributed by atoms with van der Waals surface area (Å²) in [4.78, 5) is 25.4. The molecule has 0 bridgehead atoms. The first-order valence-corrected chi connectivity index (χ1v) is 8.79. The Bertz CT molecular complexity index is 962. The van der Waals surface area contributed by atoms with Crippen LogP contribution in [-0.4, -0.2) is 29.4 Å². The van der Waals surface area contributed by atoms with Crippen LogP contribution in [-0.2, 0) is 17.8 Å². The first-order valence-electron chi connectivity index (χ1n) is 7.91. The van der Waals surface area contributed by atoms with E-state index < -0.39 is 0 Å². The average molecular weight is 357 g/mol. The second-order valence-electron chi connectivity index (χ2n) is 5.68. The number of benzene rings is 1. The van der Waals surface area contributed by atoms with Crippen LogP contribution in [0.25, 0.3) is 10.8 Å². The molecule has 0 aliphatic heterocycles. The maximum Gasteiger partial charge on any atom is 0.274 e. The number of hydrogen-bond acceptors (Lipinski definition) is 5. The van der Waals surface area contributed by atoms with Crippen LogP contribution in [0.2, 0.25) is 0 Å². The molecule has 1 aromatic carbocycles. The number of fused-ring (bicyclic) bond motifs is 1. The highest BCUT2D eigenvalue weighted by Gasteiger charge is 2.13. The van der Waals surface area contributed by atoms with Gasteiger partial charge in [-0.15, -0.1) is 11.3 Å². The predicted molar refractivity (Wildman–Crippen MR) is 98.1 cm³/mol. The van der Waals surface area contributed by atoms with Crippen LogP contribution >= 0.6 is 11.3 Å². The third-order valence-corrected chi connectivity index (χ3v) is 4.87. The van der Waals surface area contributed by atoms with Gasteiger partial charge in [-0.1, -0.05) is 18.2 Å². The van der Waals surface area contributed by atoms with E-state index in [1.807, 2.05) is 36.6 Å². The van der Waals surface area contributed by atoms with Gasteiger partial charge in [-0.2, -0.15) is 5.10 Å². The Labute approximate surface area is 149 Å². The van der Waals surface area contributed by atoms with Gasteiger partial charge >= 0.3 is 0 Å². The van der Waals surface area contributed by atoms with Crippen LogP contribution in [0.1, 0.15) is 20.9 Å². The second kappa shape index (κ2) is 7.58. The molecule has 130 valence electrons. The Morgan fingerprint density at radius 2 is 2.08 bits per heavy atom. The zero-order valence-corrected chi connectivity index (χ0v) is 14.9. The van der Waals surface area contributed by atoms with Crippen molar-refractivity contribution in [3.63, 3.8) is 0 Å². The van der Waals surface area contributed by atoms with E-state index in [2.05, 4.69) is 10.4 Å². The highest BCUT2D eigenvalue weighted by Crippen LogP contribution is 2.15. The van der Waals surface area contributed by atoms with Gasteiger partial charge in [-0.3, -0.25) is 9.59 Å². The number of ether oxygens (including phenoxy) is 1. The summed E-state index contributed by atoms with van der Waals surface area (Å²) in [5.41, 5.74) is 1.57. The lowest BCUT2D eigenvalue weighted by Gasteiger charge is -2.11. The fourth-order valence-electron chi connectivity index (χ4n) is 2.57. The molecule has 2 aromatic heterocycles. The molecule has 0 saturated carbocycles. The number of carbonyl (C=O) groups is 1. The van der Waals surface area contributed by atoms with Gasteiger partial charge in [-0.05, 0) is 30.0 Å². The zero-order valence-electron chi connectivity index (χ0n) is 14.1. The Balaban J connectivity index is 1.90. The molecule has 7 heteroatoms. The molecule has 25 heavy (non-hydrogen) atoms. The molecular formula is C18H19N3O3S. The molecule has 3 aromatic rings. The number of aromatic nitrogens is 2. The van der Waals surface area contributed by atoms with Crippen molar-refractivity contribution in [2.24, 2.45) is 0 Å². The van der Waals surface area contributed by atoms with Gasteiger partial charge in [-0.25, -0.2) is 4.68 Å². The van der Waals surface area contributed by atoms with Gasteiger partial charge in [0, 0.05) is 12.5 Å². The lowest BCUT2D eigenvalue weighted by molar-refractivity contribution is 0.0954. The third-order valence-electron chi connectivity index (χ3n) is 3.82. The minimum Gasteiger partial charge on any atom is -0.383 e. The summed E-state index contributed by atoms with van der Waals surface area (Å²) in [6.45, 7) is 2.97. The van der Waals surface area contributed by atoms with E-state index in [1.54, 1.807) is 13.2 Å². The first-order chi connectivity index (χ1) is 12.1. The molecule has 0 saturated heterocycles. The van der Waals surface area contributed by atoms with Crippen LogP contribution in [0.3, 0.4) is 0 Å². The monoisotopic (exact) mass is 357 g/mol. The van der Waals surface area contributed by atoms with E-state index in [9.17, 15) is 9.59 Å². The normalized spacial score (nSPS) is 11.0. The van der Waals surface area contributed by atoms with Gasteiger partial charge in [0.15, 0.2) is 0 Å². The van der Waals surface area contributed by atoms with E-state index in [4.69, 9.17) is 4.74 Å². The van der Waals surface area contributed by atoms with Gasteiger partial charge < -0.3 is 10.1 Å². The summed E-state index contributed by atoms with van der Waals surface area (Å²) in [6.07, 6.45) is 0. The van der Waals surface area contributed by atoms with E-state index in [1.165, 1.54) is 16.0 Å². The molecule has 0 fully saturated rings. The summed E-state index contributed by atoms with van der Waals surface area (Å²) in [7, 11) is 1.58. The number of methoxy groups -OCH3 is 1. The molecule has 0 aliphatic carbocycles. The van der Waals surface area contributed by atoms with Crippen molar-refractivity contribution in [2.45, 2.75) is 20.0 Å². The lowest BCUT2D eigenvalue weighted by atomic mass is 10.1. The molecule has 6 nitrogen and oxygen atoms in total. The maximum absolute atomic E-state index is 12.5. The smallest absolute Gasteiger partial charge is 0.274 e. The minimum atomic E-state index is -0.156. The number of carbonyl (C=O) groups excluding carboxylic acids is 1. The SMILES string of the molecule is COCCn1nc(CNC(=O)c2cc(C)cs2)c2ccccc2c1=O. The molecule has 0 aliphatic rings.